The molecule has 1 aliphatic rings. The van der Waals surface area contributed by atoms with Crippen LogP contribution in [0.2, 0.25) is 0 Å². The van der Waals surface area contributed by atoms with E-state index in [9.17, 15) is 13.6 Å². The first-order chi connectivity index (χ1) is 4.60. The molecule has 0 bridgehead atoms. The van der Waals surface area contributed by atoms with Crippen LogP contribution in [0.25, 0.3) is 0 Å². The lowest BCUT2D eigenvalue weighted by Crippen LogP contribution is -2.15. The summed E-state index contributed by atoms with van der Waals surface area (Å²) in [5.74, 6) is -3.22. The highest BCUT2D eigenvalue weighted by atomic mass is 19.3. The van der Waals surface area contributed by atoms with Gasteiger partial charge in [0.2, 0.25) is 0 Å². The van der Waals surface area contributed by atoms with Gasteiger partial charge in [-0.15, -0.1) is 0 Å². The summed E-state index contributed by atoms with van der Waals surface area (Å²) in [6.45, 7) is -0.147. The first-order valence-electron chi connectivity index (χ1n) is 3.14. The monoisotopic (exact) mass is 150 g/mol. The summed E-state index contributed by atoms with van der Waals surface area (Å²) < 4.78 is 29.2. The van der Waals surface area contributed by atoms with Crippen LogP contribution in [0, 0.1) is 0 Å². The lowest BCUT2D eigenvalue weighted by atomic mass is 10.1. The molecule has 0 aliphatic carbocycles. The molecule has 58 valence electrons. The van der Waals surface area contributed by atoms with Crippen molar-refractivity contribution in [1.82, 2.24) is 0 Å². The highest BCUT2D eigenvalue weighted by Crippen LogP contribution is 2.26. The van der Waals surface area contributed by atoms with Crippen LogP contribution in [-0.4, -0.2) is 18.5 Å². The van der Waals surface area contributed by atoms with Gasteiger partial charge in [-0.2, -0.15) is 0 Å². The second-order valence-electron chi connectivity index (χ2n) is 2.33. The minimum Gasteiger partial charge on any atom is -0.465 e. The second kappa shape index (κ2) is 2.52. The molecular weight excluding hydrogens is 142 g/mol. The van der Waals surface area contributed by atoms with Crippen LogP contribution < -0.4 is 0 Å². The highest BCUT2D eigenvalue weighted by molar-refractivity contribution is 5.69. The SMILES string of the molecule is O=C1CCC(F)(F)CCO1. The fourth-order valence-electron chi connectivity index (χ4n) is 0.796. The Morgan fingerprint density at radius 1 is 1.40 bits per heavy atom. The third kappa shape index (κ3) is 1.93. The van der Waals surface area contributed by atoms with Crippen molar-refractivity contribution in [2.45, 2.75) is 25.2 Å². The van der Waals surface area contributed by atoms with Gasteiger partial charge in [0, 0.05) is 12.8 Å². The van der Waals surface area contributed by atoms with Crippen LogP contribution in [0.4, 0.5) is 8.78 Å². The van der Waals surface area contributed by atoms with Crippen LogP contribution in [-0.2, 0) is 9.53 Å². The Balaban J connectivity index is 2.48. The molecule has 0 N–H and O–H groups in total. The number of ether oxygens (including phenoxy) is 1. The molecule has 0 atom stereocenters. The van der Waals surface area contributed by atoms with Gasteiger partial charge in [0.1, 0.15) is 0 Å². The van der Waals surface area contributed by atoms with E-state index in [0.717, 1.165) is 0 Å². The molecule has 0 saturated carbocycles. The first kappa shape index (κ1) is 7.44. The molecule has 1 heterocycles. The highest BCUT2D eigenvalue weighted by Gasteiger charge is 2.32. The van der Waals surface area contributed by atoms with E-state index in [2.05, 4.69) is 4.74 Å². The molecule has 2 nitrogen and oxygen atoms in total. The zero-order valence-electron chi connectivity index (χ0n) is 5.40. The predicted molar refractivity (Wildman–Crippen MR) is 29.8 cm³/mol. The van der Waals surface area contributed by atoms with Crippen LogP contribution in [0.3, 0.4) is 0 Å². The van der Waals surface area contributed by atoms with Gasteiger partial charge >= 0.3 is 5.97 Å². The fourth-order valence-corrected chi connectivity index (χ4v) is 0.796. The van der Waals surface area contributed by atoms with E-state index in [4.69, 9.17) is 0 Å². The summed E-state index contributed by atoms with van der Waals surface area (Å²) >= 11 is 0. The summed E-state index contributed by atoms with van der Waals surface area (Å²) in [5, 5.41) is 0. The van der Waals surface area contributed by atoms with E-state index in [0.29, 0.717) is 0 Å². The van der Waals surface area contributed by atoms with Crippen molar-refractivity contribution in [1.29, 1.82) is 0 Å². The van der Waals surface area contributed by atoms with Crippen molar-refractivity contribution in [3.8, 4) is 0 Å². The van der Waals surface area contributed by atoms with Gasteiger partial charge in [0.25, 0.3) is 5.92 Å². The van der Waals surface area contributed by atoms with Crippen LogP contribution in [0.1, 0.15) is 19.3 Å². The van der Waals surface area contributed by atoms with E-state index < -0.39 is 11.9 Å². The van der Waals surface area contributed by atoms with E-state index in [1.54, 1.807) is 0 Å². The number of halogens is 2. The van der Waals surface area contributed by atoms with E-state index in [1.807, 2.05) is 0 Å². The Kier molecular flexibility index (Phi) is 1.87. The number of hydrogen-bond acceptors (Lipinski definition) is 2. The predicted octanol–water partition coefficient (Wildman–Crippen LogP) is 1.35. The molecule has 1 rings (SSSR count). The Morgan fingerprint density at radius 3 is 2.80 bits per heavy atom. The number of cyclic esters (lactones) is 1. The average Bonchev–Trinajstić information content (AvgIpc) is 1.94. The standard InChI is InChI=1S/C6H8F2O2/c7-6(8)2-1-5(9)10-4-3-6/h1-4H2. The van der Waals surface area contributed by atoms with Crippen molar-refractivity contribution in [2.24, 2.45) is 0 Å². The zero-order chi connectivity index (χ0) is 7.61. The summed E-state index contributed by atoms with van der Waals surface area (Å²) in [6, 6.07) is 0. The summed E-state index contributed by atoms with van der Waals surface area (Å²) in [7, 11) is 0. The topological polar surface area (TPSA) is 26.3 Å². The van der Waals surface area contributed by atoms with E-state index in [-0.39, 0.29) is 25.9 Å². The molecule has 0 radical (unpaired) electrons. The molecule has 0 aromatic heterocycles. The number of carbonyl (C=O) groups is 1. The minimum absolute atomic E-state index is 0.147. The Morgan fingerprint density at radius 2 is 2.10 bits per heavy atom. The van der Waals surface area contributed by atoms with Crippen molar-refractivity contribution in [3.05, 3.63) is 0 Å². The molecule has 4 heteroatoms. The Labute approximate surface area is 57.2 Å². The third-order valence-corrected chi connectivity index (χ3v) is 1.43. The van der Waals surface area contributed by atoms with E-state index in [1.165, 1.54) is 0 Å². The maximum absolute atomic E-state index is 12.4. The maximum Gasteiger partial charge on any atom is 0.306 e. The van der Waals surface area contributed by atoms with Crippen LogP contribution in [0.15, 0.2) is 0 Å². The summed E-state index contributed by atoms with van der Waals surface area (Å²) in [6.07, 6.45) is -0.864. The molecular formula is C6H8F2O2. The van der Waals surface area contributed by atoms with Crippen LogP contribution in [0.5, 0.6) is 0 Å². The minimum atomic E-state index is -2.70. The van der Waals surface area contributed by atoms with Gasteiger partial charge in [0.15, 0.2) is 0 Å². The number of alkyl halides is 2. The normalized spacial score (nSPS) is 25.2. The second-order valence-corrected chi connectivity index (χ2v) is 2.33. The average molecular weight is 150 g/mol. The van der Waals surface area contributed by atoms with Gasteiger partial charge < -0.3 is 4.74 Å². The molecule has 1 saturated heterocycles. The maximum atomic E-state index is 12.4. The molecule has 0 amide bonds. The third-order valence-electron chi connectivity index (χ3n) is 1.43. The number of esters is 1. The van der Waals surface area contributed by atoms with Gasteiger partial charge in [-0.05, 0) is 0 Å². The van der Waals surface area contributed by atoms with Gasteiger partial charge in [0.05, 0.1) is 13.0 Å². The summed E-state index contributed by atoms with van der Waals surface area (Å²) in [4.78, 5) is 10.4. The number of hydrogen-bond donors (Lipinski definition) is 0. The smallest absolute Gasteiger partial charge is 0.306 e. The number of carbonyl (C=O) groups excluding carboxylic acids is 1. The largest absolute Gasteiger partial charge is 0.465 e. The van der Waals surface area contributed by atoms with Gasteiger partial charge in [-0.3, -0.25) is 4.79 Å². The van der Waals surface area contributed by atoms with Crippen LogP contribution >= 0.6 is 0 Å². The summed E-state index contributed by atoms with van der Waals surface area (Å²) in [5.41, 5.74) is 0. The molecule has 1 aliphatic heterocycles. The van der Waals surface area contributed by atoms with Crippen molar-refractivity contribution in [3.63, 3.8) is 0 Å². The van der Waals surface area contributed by atoms with Gasteiger partial charge in [-0.1, -0.05) is 0 Å². The first-order valence-corrected chi connectivity index (χ1v) is 3.14. The van der Waals surface area contributed by atoms with Gasteiger partial charge in [-0.25, -0.2) is 8.78 Å². The quantitative estimate of drug-likeness (QED) is 0.487. The number of rotatable bonds is 0. The molecule has 10 heavy (non-hydrogen) atoms. The van der Waals surface area contributed by atoms with Crippen molar-refractivity contribution in [2.75, 3.05) is 6.61 Å². The molecule has 0 aromatic carbocycles. The molecule has 0 aromatic rings. The Hall–Kier alpha value is -0.670. The van der Waals surface area contributed by atoms with E-state index >= 15 is 0 Å². The van der Waals surface area contributed by atoms with Crippen molar-refractivity contribution >= 4 is 5.97 Å². The lowest BCUT2D eigenvalue weighted by molar-refractivity contribution is -0.142. The van der Waals surface area contributed by atoms with Crippen molar-refractivity contribution < 1.29 is 18.3 Å². The lowest BCUT2D eigenvalue weighted by Gasteiger charge is -2.09. The molecule has 0 spiro atoms. The Bertz CT molecular complexity index is 145. The fraction of sp³-hybridized carbons (Fsp3) is 0.833. The zero-order valence-corrected chi connectivity index (χ0v) is 5.40. The molecule has 1 fully saturated rings. The molecule has 0 unspecified atom stereocenters.